The zero-order chi connectivity index (χ0) is 16.8. The van der Waals surface area contributed by atoms with Crippen LogP contribution in [0.1, 0.15) is 0 Å². The third-order valence-electron chi connectivity index (χ3n) is 3.58. The minimum Gasteiger partial charge on any atom is -0.316 e. The Morgan fingerprint density at radius 1 is 1.30 bits per heavy atom. The van der Waals surface area contributed by atoms with Gasteiger partial charge in [0.1, 0.15) is 5.88 Å². The summed E-state index contributed by atoms with van der Waals surface area (Å²) >= 11 is 18.8. The van der Waals surface area contributed by atoms with Crippen molar-refractivity contribution >= 4 is 73.2 Å². The van der Waals surface area contributed by atoms with Crippen LogP contribution in [0.3, 0.4) is 0 Å². The number of hydrogen-bond donors (Lipinski definition) is 0. The van der Waals surface area contributed by atoms with Crippen LogP contribution in [0.5, 0.6) is 0 Å². The van der Waals surface area contributed by atoms with Gasteiger partial charge >= 0.3 is 0 Å². The van der Waals surface area contributed by atoms with E-state index in [4.69, 9.17) is 34.8 Å². The van der Waals surface area contributed by atoms with Gasteiger partial charge in [0.15, 0.2) is 15.0 Å². The van der Waals surface area contributed by atoms with Gasteiger partial charge in [0, 0.05) is 10.9 Å². The van der Waals surface area contributed by atoms with Gasteiger partial charge in [-0.05, 0) is 18.2 Å². The van der Waals surface area contributed by atoms with E-state index in [0.29, 0.717) is 20.9 Å². The average Bonchev–Trinajstić information content (AvgIpc) is 2.93. The SMILES string of the molecule is O=C(CCl)N=C1S[C@H]2CS(=O)(=O)C[C@@H]2N1c1ccc(Cl)c(Cl)c1. The normalized spacial score (nSPS) is 27.4. The Kier molecular flexibility index (Phi) is 4.86. The lowest BCUT2D eigenvalue weighted by atomic mass is 10.2. The lowest BCUT2D eigenvalue weighted by Crippen LogP contribution is -2.37. The molecule has 0 radical (unpaired) electrons. The summed E-state index contributed by atoms with van der Waals surface area (Å²) in [6.45, 7) is 0. The first kappa shape index (κ1) is 17.4. The molecule has 0 bridgehead atoms. The van der Waals surface area contributed by atoms with Crippen LogP contribution in [-0.4, -0.2) is 48.2 Å². The Bertz CT molecular complexity index is 798. The predicted molar refractivity (Wildman–Crippen MR) is 95.9 cm³/mol. The standard InChI is InChI=1S/C13H11Cl3N2O3S2/c14-4-12(19)17-13-18(7-1-2-8(15)9(16)3-7)10-5-23(20,21)6-11(10)22-13/h1-3,10-11H,4-6H2/t10-,11-/m0/s1. The number of halogens is 3. The molecule has 2 atom stereocenters. The van der Waals surface area contributed by atoms with Crippen LogP contribution in [-0.2, 0) is 14.6 Å². The third-order valence-corrected chi connectivity index (χ3v) is 7.76. The molecule has 1 aromatic rings. The van der Waals surface area contributed by atoms with Gasteiger partial charge in [0.2, 0.25) is 0 Å². The summed E-state index contributed by atoms with van der Waals surface area (Å²) in [7, 11) is -3.11. The van der Waals surface area contributed by atoms with E-state index in [9.17, 15) is 13.2 Å². The summed E-state index contributed by atoms with van der Waals surface area (Å²) in [5.74, 6) is -0.623. The first-order valence-corrected chi connectivity index (χ1v) is 10.6. The number of rotatable bonds is 2. The van der Waals surface area contributed by atoms with Crippen molar-refractivity contribution in [2.24, 2.45) is 4.99 Å². The highest BCUT2D eigenvalue weighted by Crippen LogP contribution is 2.42. The zero-order valence-electron chi connectivity index (χ0n) is 11.6. The highest BCUT2D eigenvalue weighted by Gasteiger charge is 2.49. The van der Waals surface area contributed by atoms with Gasteiger partial charge in [-0.15, -0.1) is 11.6 Å². The van der Waals surface area contributed by atoms with Gasteiger partial charge in [-0.1, -0.05) is 35.0 Å². The molecule has 2 fully saturated rings. The summed E-state index contributed by atoms with van der Waals surface area (Å²) in [5, 5.41) is 1.02. The molecular formula is C13H11Cl3N2O3S2. The Morgan fingerprint density at radius 3 is 2.70 bits per heavy atom. The number of carbonyl (C=O) groups excluding carboxylic acids is 1. The highest BCUT2D eigenvalue weighted by molar-refractivity contribution is 8.16. The van der Waals surface area contributed by atoms with E-state index >= 15 is 0 Å². The summed E-state index contributed by atoms with van der Waals surface area (Å²) < 4.78 is 23.8. The van der Waals surface area contributed by atoms with Crippen LogP contribution in [0.2, 0.25) is 10.0 Å². The number of benzene rings is 1. The van der Waals surface area contributed by atoms with Crippen LogP contribution in [0, 0.1) is 0 Å². The molecule has 0 saturated carbocycles. The summed E-state index contributed by atoms with van der Waals surface area (Å²) in [6, 6.07) is 4.70. The second-order valence-corrected chi connectivity index (χ2v) is 9.63. The van der Waals surface area contributed by atoms with E-state index in [1.165, 1.54) is 11.8 Å². The number of aliphatic imine (C=N–C) groups is 1. The molecule has 0 spiro atoms. The minimum absolute atomic E-state index is 0.0129. The topological polar surface area (TPSA) is 66.8 Å². The molecule has 23 heavy (non-hydrogen) atoms. The number of amidine groups is 1. The number of amides is 1. The second-order valence-electron chi connectivity index (χ2n) is 5.19. The second kappa shape index (κ2) is 6.44. The van der Waals surface area contributed by atoms with Crippen molar-refractivity contribution in [3.8, 4) is 0 Å². The van der Waals surface area contributed by atoms with Crippen molar-refractivity contribution in [1.29, 1.82) is 0 Å². The Hall–Kier alpha value is -0.470. The van der Waals surface area contributed by atoms with Gasteiger partial charge in [-0.3, -0.25) is 4.79 Å². The number of fused-ring (bicyclic) bond motifs is 1. The summed E-state index contributed by atoms with van der Waals surface area (Å²) in [4.78, 5) is 17.3. The number of anilines is 1. The summed E-state index contributed by atoms with van der Waals surface area (Å²) in [6.07, 6.45) is 0. The molecule has 3 rings (SSSR count). The Balaban J connectivity index is 2.04. The number of hydrogen-bond acceptors (Lipinski definition) is 4. The Labute approximate surface area is 152 Å². The largest absolute Gasteiger partial charge is 0.316 e. The molecule has 5 nitrogen and oxygen atoms in total. The first-order chi connectivity index (χ1) is 10.8. The molecule has 2 heterocycles. The van der Waals surface area contributed by atoms with Crippen molar-refractivity contribution in [3.05, 3.63) is 28.2 Å². The van der Waals surface area contributed by atoms with Gasteiger partial charge in [-0.2, -0.15) is 4.99 Å². The number of sulfone groups is 1. The number of nitrogens with zero attached hydrogens (tertiary/aromatic N) is 2. The minimum atomic E-state index is -3.11. The molecule has 0 aliphatic carbocycles. The third kappa shape index (κ3) is 3.49. The molecule has 2 aliphatic heterocycles. The lowest BCUT2D eigenvalue weighted by Gasteiger charge is -2.24. The average molecular weight is 414 g/mol. The van der Waals surface area contributed by atoms with Crippen molar-refractivity contribution in [3.63, 3.8) is 0 Å². The van der Waals surface area contributed by atoms with E-state index < -0.39 is 15.7 Å². The van der Waals surface area contributed by atoms with Gasteiger partial charge in [-0.25, -0.2) is 8.42 Å². The fourth-order valence-corrected chi connectivity index (χ4v) is 6.92. The van der Waals surface area contributed by atoms with Gasteiger partial charge < -0.3 is 4.90 Å². The molecule has 1 amide bonds. The number of alkyl halides is 1. The Morgan fingerprint density at radius 2 is 2.04 bits per heavy atom. The van der Waals surface area contributed by atoms with E-state index in [1.54, 1.807) is 23.1 Å². The predicted octanol–water partition coefficient (Wildman–Crippen LogP) is 2.83. The van der Waals surface area contributed by atoms with Crippen molar-refractivity contribution in [2.45, 2.75) is 11.3 Å². The molecule has 124 valence electrons. The van der Waals surface area contributed by atoms with Crippen LogP contribution in [0.4, 0.5) is 5.69 Å². The van der Waals surface area contributed by atoms with Crippen molar-refractivity contribution in [2.75, 3.05) is 22.3 Å². The fourth-order valence-electron chi connectivity index (χ4n) is 2.64. The van der Waals surface area contributed by atoms with Crippen LogP contribution in [0.25, 0.3) is 0 Å². The van der Waals surface area contributed by atoms with Crippen LogP contribution in [0.15, 0.2) is 23.2 Å². The zero-order valence-corrected chi connectivity index (χ0v) is 15.5. The van der Waals surface area contributed by atoms with E-state index in [-0.39, 0.29) is 28.7 Å². The summed E-state index contributed by atoms with van der Waals surface area (Å²) in [5.41, 5.74) is 0.651. The lowest BCUT2D eigenvalue weighted by molar-refractivity contribution is -0.115. The maximum atomic E-state index is 11.9. The molecule has 0 N–H and O–H groups in total. The molecule has 2 aliphatic rings. The maximum Gasteiger partial charge on any atom is 0.262 e. The van der Waals surface area contributed by atoms with Gasteiger partial charge in [0.25, 0.3) is 5.91 Å². The molecule has 0 aromatic heterocycles. The molecule has 0 unspecified atom stereocenters. The smallest absolute Gasteiger partial charge is 0.262 e. The van der Waals surface area contributed by atoms with E-state index in [1.807, 2.05) is 0 Å². The van der Waals surface area contributed by atoms with Crippen LogP contribution >= 0.6 is 46.6 Å². The molecular weight excluding hydrogens is 403 g/mol. The van der Waals surface area contributed by atoms with Crippen molar-refractivity contribution in [1.82, 2.24) is 0 Å². The monoisotopic (exact) mass is 412 g/mol. The first-order valence-electron chi connectivity index (χ1n) is 6.59. The quantitative estimate of drug-likeness (QED) is 0.698. The highest BCUT2D eigenvalue weighted by atomic mass is 35.5. The van der Waals surface area contributed by atoms with Crippen molar-refractivity contribution < 1.29 is 13.2 Å². The molecule has 1 aromatic carbocycles. The molecule has 10 heteroatoms. The van der Waals surface area contributed by atoms with E-state index in [2.05, 4.69) is 4.99 Å². The number of carbonyl (C=O) groups is 1. The van der Waals surface area contributed by atoms with Crippen LogP contribution < -0.4 is 4.90 Å². The molecule has 2 saturated heterocycles. The maximum absolute atomic E-state index is 11.9. The number of thioether (sulfide) groups is 1. The fraction of sp³-hybridized carbons (Fsp3) is 0.385. The van der Waals surface area contributed by atoms with E-state index in [0.717, 1.165) is 0 Å². The van der Waals surface area contributed by atoms with Gasteiger partial charge in [0.05, 0.1) is 27.6 Å².